The van der Waals surface area contributed by atoms with Crippen molar-refractivity contribution in [1.29, 1.82) is 0 Å². The van der Waals surface area contributed by atoms with Gasteiger partial charge in [0.1, 0.15) is 23.6 Å². The number of anilines is 3. The monoisotopic (exact) mass is 290 g/mol. The average Bonchev–Trinajstić information content (AvgIpc) is 2.72. The number of carbonyl (C=O) groups excluding carboxylic acids is 1. The highest BCUT2D eigenvalue weighted by molar-refractivity contribution is 5.84. The zero-order chi connectivity index (χ0) is 15.5. The van der Waals surface area contributed by atoms with Gasteiger partial charge in [0, 0.05) is 19.3 Å². The number of nitrogens with zero attached hydrogens (tertiary/aromatic N) is 4. The number of aromatic nitrogens is 4. The third-order valence-electron chi connectivity index (χ3n) is 2.27. The second kappa shape index (κ2) is 5.78. The molecule has 0 aliphatic carbocycles. The number of hydrogen-bond donors (Lipinski definition) is 2. The third-order valence-corrected chi connectivity index (χ3v) is 2.27. The molecule has 0 aliphatic rings. The Balaban J connectivity index is 2.02. The number of ether oxygens (including phenoxy) is 1. The van der Waals surface area contributed by atoms with Crippen molar-refractivity contribution in [3.05, 3.63) is 24.8 Å². The highest BCUT2D eigenvalue weighted by atomic mass is 16.6. The molecule has 0 atom stereocenters. The van der Waals surface area contributed by atoms with Crippen LogP contribution in [0.5, 0.6) is 0 Å². The average molecular weight is 290 g/mol. The van der Waals surface area contributed by atoms with E-state index in [1.54, 1.807) is 37.7 Å². The van der Waals surface area contributed by atoms with Gasteiger partial charge in [-0.3, -0.25) is 10.00 Å². The first-order valence-corrected chi connectivity index (χ1v) is 6.39. The third kappa shape index (κ3) is 4.75. The molecule has 2 N–H and O–H groups in total. The predicted molar refractivity (Wildman–Crippen MR) is 78.4 cm³/mol. The van der Waals surface area contributed by atoms with Gasteiger partial charge >= 0.3 is 6.09 Å². The summed E-state index contributed by atoms with van der Waals surface area (Å²) in [4.78, 5) is 19.7. The van der Waals surface area contributed by atoms with E-state index in [-0.39, 0.29) is 0 Å². The molecule has 0 bridgehead atoms. The first-order valence-electron chi connectivity index (χ1n) is 6.39. The Morgan fingerprint density at radius 1 is 1.29 bits per heavy atom. The molecular formula is C13H18N6O2. The Kier molecular flexibility index (Phi) is 4.06. The lowest BCUT2D eigenvalue weighted by Gasteiger charge is -2.19. The number of rotatable bonds is 3. The highest BCUT2D eigenvalue weighted by Crippen LogP contribution is 2.16. The molecule has 21 heavy (non-hydrogen) atoms. The van der Waals surface area contributed by atoms with Crippen molar-refractivity contribution in [2.45, 2.75) is 26.4 Å². The largest absolute Gasteiger partial charge is 0.444 e. The van der Waals surface area contributed by atoms with Crippen LogP contribution in [-0.4, -0.2) is 31.4 Å². The van der Waals surface area contributed by atoms with Gasteiger partial charge in [0.15, 0.2) is 0 Å². The van der Waals surface area contributed by atoms with Gasteiger partial charge in [0.2, 0.25) is 0 Å². The van der Waals surface area contributed by atoms with Gasteiger partial charge in [-0.1, -0.05) is 0 Å². The molecule has 0 unspecified atom stereocenters. The fourth-order valence-corrected chi connectivity index (χ4v) is 1.54. The molecule has 0 saturated carbocycles. The molecule has 0 radical (unpaired) electrons. The van der Waals surface area contributed by atoms with Gasteiger partial charge in [-0.05, 0) is 20.8 Å². The zero-order valence-electron chi connectivity index (χ0n) is 12.4. The van der Waals surface area contributed by atoms with E-state index >= 15 is 0 Å². The maximum atomic E-state index is 11.7. The van der Waals surface area contributed by atoms with Crippen molar-refractivity contribution >= 4 is 23.4 Å². The van der Waals surface area contributed by atoms with Gasteiger partial charge in [-0.25, -0.2) is 14.8 Å². The highest BCUT2D eigenvalue weighted by Gasteiger charge is 2.16. The van der Waals surface area contributed by atoms with E-state index in [1.165, 1.54) is 6.33 Å². The van der Waals surface area contributed by atoms with Crippen molar-refractivity contribution < 1.29 is 9.53 Å². The first kappa shape index (κ1) is 14.8. The minimum absolute atomic E-state index is 0.352. The van der Waals surface area contributed by atoms with Crippen LogP contribution in [0.4, 0.5) is 22.1 Å². The molecule has 0 aliphatic heterocycles. The van der Waals surface area contributed by atoms with Crippen LogP contribution in [0, 0.1) is 0 Å². The molecule has 0 fully saturated rings. The second-order valence-electron chi connectivity index (χ2n) is 5.44. The molecule has 2 heterocycles. The summed E-state index contributed by atoms with van der Waals surface area (Å²) in [6.07, 6.45) is 4.27. The second-order valence-corrected chi connectivity index (χ2v) is 5.44. The van der Waals surface area contributed by atoms with E-state index in [9.17, 15) is 4.79 Å². The smallest absolute Gasteiger partial charge is 0.413 e. The summed E-state index contributed by atoms with van der Waals surface area (Å²) < 4.78 is 6.83. The normalized spacial score (nSPS) is 11.0. The number of hydrogen-bond acceptors (Lipinski definition) is 6. The summed E-state index contributed by atoms with van der Waals surface area (Å²) >= 11 is 0. The minimum Gasteiger partial charge on any atom is -0.444 e. The van der Waals surface area contributed by atoms with Crippen molar-refractivity contribution in [3.63, 3.8) is 0 Å². The summed E-state index contributed by atoms with van der Waals surface area (Å²) in [6, 6.07) is 1.61. The number of amides is 1. The van der Waals surface area contributed by atoms with Crippen LogP contribution < -0.4 is 10.6 Å². The summed E-state index contributed by atoms with van der Waals surface area (Å²) in [6.45, 7) is 5.38. The summed E-state index contributed by atoms with van der Waals surface area (Å²) in [5, 5.41) is 9.66. The van der Waals surface area contributed by atoms with Crippen LogP contribution in [0.1, 0.15) is 20.8 Å². The number of carbonyl (C=O) groups is 1. The summed E-state index contributed by atoms with van der Waals surface area (Å²) in [5.74, 6) is 0.898. The molecule has 1 amide bonds. The standard InChI is InChI=1S/C13H18N6O2/c1-13(2,3)21-12(20)18-11-5-10(14-8-15-11)17-9-6-16-19(4)7-9/h5-8H,1-4H3,(H2,14,15,17,18,20). The molecule has 8 heteroatoms. The van der Waals surface area contributed by atoms with Crippen molar-refractivity contribution in [2.24, 2.45) is 7.05 Å². The lowest BCUT2D eigenvalue weighted by Crippen LogP contribution is -2.27. The molecule has 112 valence electrons. The van der Waals surface area contributed by atoms with Gasteiger partial charge in [0.25, 0.3) is 0 Å². The van der Waals surface area contributed by atoms with Crippen LogP contribution >= 0.6 is 0 Å². The Hall–Kier alpha value is -2.64. The van der Waals surface area contributed by atoms with Crippen LogP contribution in [0.2, 0.25) is 0 Å². The first-order chi connectivity index (χ1) is 9.82. The molecule has 8 nitrogen and oxygen atoms in total. The van der Waals surface area contributed by atoms with Gasteiger partial charge in [-0.2, -0.15) is 5.10 Å². The van der Waals surface area contributed by atoms with Crippen LogP contribution in [0.15, 0.2) is 24.8 Å². The van der Waals surface area contributed by atoms with Gasteiger partial charge in [-0.15, -0.1) is 0 Å². The Morgan fingerprint density at radius 3 is 2.62 bits per heavy atom. The molecule has 2 rings (SSSR count). The van der Waals surface area contributed by atoms with Crippen molar-refractivity contribution in [3.8, 4) is 0 Å². The number of nitrogens with one attached hydrogen (secondary N) is 2. The lowest BCUT2D eigenvalue weighted by molar-refractivity contribution is 0.0635. The molecule has 0 spiro atoms. The topological polar surface area (TPSA) is 94.0 Å². The predicted octanol–water partition coefficient (Wildman–Crippen LogP) is 2.30. The van der Waals surface area contributed by atoms with E-state index < -0.39 is 11.7 Å². The van der Waals surface area contributed by atoms with Gasteiger partial charge in [0.05, 0.1) is 11.9 Å². The number of aryl methyl sites for hydroxylation is 1. The maximum Gasteiger partial charge on any atom is 0.413 e. The quantitative estimate of drug-likeness (QED) is 0.900. The van der Waals surface area contributed by atoms with E-state index in [0.717, 1.165) is 5.69 Å². The van der Waals surface area contributed by atoms with Crippen molar-refractivity contribution in [2.75, 3.05) is 10.6 Å². The maximum absolute atomic E-state index is 11.7. The fourth-order valence-electron chi connectivity index (χ4n) is 1.54. The molecule has 0 aromatic carbocycles. The Morgan fingerprint density at radius 2 is 2.00 bits per heavy atom. The lowest BCUT2D eigenvalue weighted by atomic mass is 10.2. The van der Waals surface area contributed by atoms with Crippen molar-refractivity contribution in [1.82, 2.24) is 19.7 Å². The summed E-state index contributed by atoms with van der Waals surface area (Å²) in [5.41, 5.74) is 0.230. The van der Waals surface area contributed by atoms with E-state index in [4.69, 9.17) is 4.74 Å². The SMILES string of the molecule is Cn1cc(Nc2cc(NC(=O)OC(C)(C)C)ncn2)cn1. The molecule has 2 aromatic heterocycles. The fraction of sp³-hybridized carbons (Fsp3) is 0.385. The molecule has 0 saturated heterocycles. The zero-order valence-corrected chi connectivity index (χ0v) is 12.4. The van der Waals surface area contributed by atoms with Crippen LogP contribution in [0.3, 0.4) is 0 Å². The molecule has 2 aromatic rings. The Bertz CT molecular complexity index is 632. The van der Waals surface area contributed by atoms with Gasteiger partial charge < -0.3 is 10.1 Å². The molecular weight excluding hydrogens is 272 g/mol. The Labute approximate surface area is 122 Å². The minimum atomic E-state index is -0.562. The van der Waals surface area contributed by atoms with E-state index in [1.807, 2.05) is 13.2 Å². The van der Waals surface area contributed by atoms with E-state index in [0.29, 0.717) is 11.6 Å². The summed E-state index contributed by atoms with van der Waals surface area (Å²) in [7, 11) is 1.82. The van der Waals surface area contributed by atoms with Crippen LogP contribution in [0.25, 0.3) is 0 Å². The van der Waals surface area contributed by atoms with E-state index in [2.05, 4.69) is 25.7 Å². The van der Waals surface area contributed by atoms with Crippen LogP contribution in [-0.2, 0) is 11.8 Å².